The molecule has 4 heterocycles. The van der Waals surface area contributed by atoms with Crippen molar-refractivity contribution in [2.24, 2.45) is 0 Å². The topological polar surface area (TPSA) is 56.7 Å². The van der Waals surface area contributed by atoms with Gasteiger partial charge in [-0.25, -0.2) is 9.97 Å². The average Bonchev–Trinajstić information content (AvgIpc) is 3.52. The lowest BCUT2D eigenvalue weighted by Gasteiger charge is -2.25. The van der Waals surface area contributed by atoms with Crippen LogP contribution in [0.5, 0.6) is 0 Å². The van der Waals surface area contributed by atoms with Crippen molar-refractivity contribution in [2.45, 2.75) is 40.0 Å². The minimum absolute atomic E-state index is 0.125. The van der Waals surface area contributed by atoms with Crippen LogP contribution in [0.4, 0.5) is 0 Å². The molecule has 0 atom stereocenters. The minimum Gasteiger partial charge on any atom is -0.437 e. The molecular weight excluding hydrogens is 492 g/mol. The Balaban J connectivity index is 1.56. The lowest BCUT2D eigenvalue weighted by atomic mass is 9.84. The third-order valence-corrected chi connectivity index (χ3v) is 7.68. The standard InChI is InChI=1S/C35H30N4O/c1-21-11-14-26(32-31(21)25-15-12-22(2)37-34(25)40-32)33-38-28-17-18-36-20-30(28)39(33)29-16-13-24(19-27(29)35(3,4)5)23-9-7-6-8-10-23/h6-20H,1-5H3. The van der Waals surface area contributed by atoms with Gasteiger partial charge in [-0.3, -0.25) is 9.55 Å². The zero-order chi connectivity index (χ0) is 27.6. The predicted octanol–water partition coefficient (Wildman–Crippen LogP) is 8.96. The lowest BCUT2D eigenvalue weighted by molar-refractivity contribution is 0.587. The Hall–Kier alpha value is -4.77. The summed E-state index contributed by atoms with van der Waals surface area (Å²) in [5.41, 5.74) is 10.9. The molecule has 0 N–H and O–H groups in total. The average molecular weight is 523 g/mol. The van der Waals surface area contributed by atoms with Crippen LogP contribution < -0.4 is 0 Å². The third-order valence-electron chi connectivity index (χ3n) is 7.68. The molecule has 7 aromatic rings. The van der Waals surface area contributed by atoms with Gasteiger partial charge in [0.1, 0.15) is 11.4 Å². The maximum Gasteiger partial charge on any atom is 0.227 e. The first-order valence-electron chi connectivity index (χ1n) is 13.6. The van der Waals surface area contributed by atoms with Crippen molar-refractivity contribution in [1.82, 2.24) is 19.5 Å². The van der Waals surface area contributed by atoms with Gasteiger partial charge in [0.05, 0.1) is 28.5 Å². The molecule has 0 fully saturated rings. The molecule has 5 nitrogen and oxygen atoms in total. The quantitative estimate of drug-likeness (QED) is 0.232. The molecule has 0 aliphatic heterocycles. The molecule has 3 aromatic carbocycles. The fourth-order valence-electron chi connectivity index (χ4n) is 5.69. The van der Waals surface area contributed by atoms with E-state index in [9.17, 15) is 0 Å². The van der Waals surface area contributed by atoms with Gasteiger partial charge >= 0.3 is 0 Å². The second-order valence-electron chi connectivity index (χ2n) is 11.5. The molecule has 4 aromatic heterocycles. The Morgan fingerprint density at radius 2 is 1.62 bits per heavy atom. The van der Waals surface area contributed by atoms with Crippen molar-refractivity contribution in [3.63, 3.8) is 0 Å². The molecule has 0 aliphatic carbocycles. The van der Waals surface area contributed by atoms with Crippen LogP contribution in [0.2, 0.25) is 0 Å². The van der Waals surface area contributed by atoms with Crippen LogP contribution in [-0.2, 0) is 5.41 Å². The smallest absolute Gasteiger partial charge is 0.227 e. The van der Waals surface area contributed by atoms with Crippen LogP contribution in [0, 0.1) is 13.8 Å². The highest BCUT2D eigenvalue weighted by atomic mass is 16.3. The number of nitrogens with zero attached hydrogens (tertiary/aromatic N) is 4. The van der Waals surface area contributed by atoms with Crippen molar-refractivity contribution in [1.29, 1.82) is 0 Å². The van der Waals surface area contributed by atoms with Gasteiger partial charge in [-0.15, -0.1) is 0 Å². The highest BCUT2D eigenvalue weighted by Crippen LogP contribution is 2.41. The van der Waals surface area contributed by atoms with Crippen molar-refractivity contribution >= 4 is 33.1 Å². The number of aryl methyl sites for hydroxylation is 2. The molecule has 40 heavy (non-hydrogen) atoms. The summed E-state index contributed by atoms with van der Waals surface area (Å²) < 4.78 is 8.72. The number of furan rings is 1. The van der Waals surface area contributed by atoms with Crippen molar-refractivity contribution in [3.05, 3.63) is 108 Å². The zero-order valence-corrected chi connectivity index (χ0v) is 23.4. The van der Waals surface area contributed by atoms with E-state index >= 15 is 0 Å². The van der Waals surface area contributed by atoms with Gasteiger partial charge in [0, 0.05) is 22.7 Å². The van der Waals surface area contributed by atoms with Crippen molar-refractivity contribution in [3.8, 4) is 28.2 Å². The summed E-state index contributed by atoms with van der Waals surface area (Å²) in [6, 6.07) is 27.6. The Labute approximate surface area is 233 Å². The molecule has 5 heteroatoms. The van der Waals surface area contributed by atoms with Gasteiger partial charge in [-0.1, -0.05) is 63.2 Å². The number of fused-ring (bicyclic) bond motifs is 4. The normalized spacial score (nSPS) is 12.1. The molecule has 196 valence electrons. The summed E-state index contributed by atoms with van der Waals surface area (Å²) in [6.45, 7) is 10.9. The third kappa shape index (κ3) is 3.81. The Morgan fingerprint density at radius 1 is 0.800 bits per heavy atom. The van der Waals surface area contributed by atoms with E-state index in [0.717, 1.165) is 55.7 Å². The maximum atomic E-state index is 6.48. The number of benzene rings is 3. The van der Waals surface area contributed by atoms with E-state index in [4.69, 9.17) is 14.4 Å². The summed E-state index contributed by atoms with van der Waals surface area (Å²) in [7, 11) is 0. The summed E-state index contributed by atoms with van der Waals surface area (Å²) in [4.78, 5) is 14.4. The number of rotatable bonds is 3. The van der Waals surface area contributed by atoms with Gasteiger partial charge < -0.3 is 4.42 Å². The number of aromatic nitrogens is 4. The van der Waals surface area contributed by atoms with Crippen LogP contribution >= 0.6 is 0 Å². The summed E-state index contributed by atoms with van der Waals surface area (Å²) >= 11 is 0. The van der Waals surface area contributed by atoms with Gasteiger partial charge in [0.15, 0.2) is 0 Å². The zero-order valence-electron chi connectivity index (χ0n) is 23.4. The summed E-state index contributed by atoms with van der Waals surface area (Å²) in [5.74, 6) is 0.821. The number of hydrogen-bond donors (Lipinski definition) is 0. The molecule has 0 spiro atoms. The second-order valence-corrected chi connectivity index (χ2v) is 11.5. The highest BCUT2D eigenvalue weighted by Gasteiger charge is 2.26. The van der Waals surface area contributed by atoms with E-state index in [-0.39, 0.29) is 5.41 Å². The van der Waals surface area contributed by atoms with Crippen LogP contribution in [0.15, 0.2) is 95.7 Å². The van der Waals surface area contributed by atoms with Crippen LogP contribution in [0.25, 0.3) is 61.3 Å². The van der Waals surface area contributed by atoms with E-state index < -0.39 is 0 Å². The molecular formula is C35H30N4O. The number of pyridine rings is 2. The Kier molecular flexibility index (Phi) is 5.39. The summed E-state index contributed by atoms with van der Waals surface area (Å²) in [6.07, 6.45) is 3.70. The minimum atomic E-state index is -0.125. The van der Waals surface area contributed by atoms with E-state index in [1.807, 2.05) is 25.3 Å². The van der Waals surface area contributed by atoms with Gasteiger partial charge in [0.25, 0.3) is 0 Å². The van der Waals surface area contributed by atoms with Gasteiger partial charge in [-0.2, -0.15) is 0 Å². The first-order chi connectivity index (χ1) is 19.3. The SMILES string of the molecule is Cc1ccc2c(n1)oc1c(-c3nc4ccncc4n3-c3ccc(-c4ccccc4)cc3C(C)(C)C)ccc(C)c12. The number of hydrogen-bond acceptors (Lipinski definition) is 4. The molecule has 0 radical (unpaired) electrons. The first-order valence-corrected chi connectivity index (χ1v) is 13.6. The summed E-state index contributed by atoms with van der Waals surface area (Å²) in [5, 5.41) is 2.10. The first kappa shape index (κ1) is 24.3. The van der Waals surface area contributed by atoms with Gasteiger partial charge in [-0.05, 0) is 77.9 Å². The molecule has 0 saturated heterocycles. The molecule has 0 saturated carbocycles. The fraction of sp³-hybridized carbons (Fsp3) is 0.171. The second kappa shape index (κ2) is 8.88. The molecule has 0 unspecified atom stereocenters. The van der Waals surface area contributed by atoms with Crippen molar-refractivity contribution < 1.29 is 4.42 Å². The Bertz CT molecular complexity index is 2060. The lowest BCUT2D eigenvalue weighted by Crippen LogP contribution is -2.16. The molecule has 7 rings (SSSR count). The fourth-order valence-corrected chi connectivity index (χ4v) is 5.69. The molecule has 0 bridgehead atoms. The van der Waals surface area contributed by atoms with Crippen molar-refractivity contribution in [2.75, 3.05) is 0 Å². The van der Waals surface area contributed by atoms with Crippen LogP contribution in [0.3, 0.4) is 0 Å². The Morgan fingerprint density at radius 3 is 2.42 bits per heavy atom. The monoisotopic (exact) mass is 522 g/mol. The molecule has 0 amide bonds. The van der Waals surface area contributed by atoms with Crippen LogP contribution in [0.1, 0.15) is 37.6 Å². The van der Waals surface area contributed by atoms with Gasteiger partial charge in [0.2, 0.25) is 5.71 Å². The van der Waals surface area contributed by atoms with E-state index in [2.05, 4.69) is 104 Å². The van der Waals surface area contributed by atoms with E-state index in [0.29, 0.717) is 5.71 Å². The van der Waals surface area contributed by atoms with E-state index in [1.54, 1.807) is 6.20 Å². The number of imidazole rings is 1. The maximum absolute atomic E-state index is 6.48. The van der Waals surface area contributed by atoms with E-state index in [1.165, 1.54) is 16.7 Å². The predicted molar refractivity (Wildman–Crippen MR) is 163 cm³/mol. The molecule has 0 aliphatic rings. The highest BCUT2D eigenvalue weighted by molar-refractivity contribution is 6.10. The van der Waals surface area contributed by atoms with Crippen LogP contribution in [-0.4, -0.2) is 19.5 Å². The largest absolute Gasteiger partial charge is 0.437 e.